The number of nitrogens with zero attached hydrogens (tertiary/aromatic N) is 4. The zero-order chi connectivity index (χ0) is 26.9. The van der Waals surface area contributed by atoms with Gasteiger partial charge in [-0.05, 0) is 74.3 Å². The Bertz CT molecular complexity index is 1360. The number of nitrogens with two attached hydrogens (primary N) is 1. The molecule has 2 bridgehead atoms. The first-order valence-electron chi connectivity index (χ1n) is 13.5. The van der Waals surface area contributed by atoms with E-state index in [0.717, 1.165) is 69.2 Å². The van der Waals surface area contributed by atoms with Gasteiger partial charge < -0.3 is 26.0 Å². The molecule has 3 aromatic rings. The highest BCUT2D eigenvalue weighted by Crippen LogP contribution is 2.38. The molecule has 2 aromatic carbocycles. The molecule has 10 nitrogen and oxygen atoms in total. The summed E-state index contributed by atoms with van der Waals surface area (Å²) in [6.45, 7) is 6.54. The second kappa shape index (κ2) is 10.6. The van der Waals surface area contributed by atoms with Gasteiger partial charge in [0.15, 0.2) is 5.82 Å². The van der Waals surface area contributed by atoms with E-state index in [9.17, 15) is 9.59 Å². The Morgan fingerprint density at radius 1 is 0.974 bits per heavy atom. The van der Waals surface area contributed by atoms with Crippen molar-refractivity contribution in [2.24, 2.45) is 5.73 Å². The van der Waals surface area contributed by atoms with Gasteiger partial charge in [0, 0.05) is 41.2 Å². The molecule has 0 spiro atoms. The molecular formula is C29H33N7O3. The minimum absolute atomic E-state index is 0.372. The lowest BCUT2D eigenvalue weighted by molar-refractivity contribution is 0.0900. The van der Waals surface area contributed by atoms with Crippen LogP contribution in [-0.4, -0.2) is 65.2 Å². The van der Waals surface area contributed by atoms with E-state index in [0.29, 0.717) is 34.8 Å². The molecule has 2 unspecified atom stereocenters. The first-order chi connectivity index (χ1) is 19.0. The molecule has 3 aliphatic rings. The van der Waals surface area contributed by atoms with Crippen molar-refractivity contribution in [2.75, 3.05) is 41.8 Å². The van der Waals surface area contributed by atoms with Crippen LogP contribution in [0.2, 0.25) is 0 Å². The summed E-state index contributed by atoms with van der Waals surface area (Å²) in [7, 11) is 0. The second-order valence-electron chi connectivity index (χ2n) is 10.3. The van der Waals surface area contributed by atoms with Gasteiger partial charge in [0.1, 0.15) is 5.82 Å². The summed E-state index contributed by atoms with van der Waals surface area (Å²) in [4.78, 5) is 38.8. The molecule has 0 radical (unpaired) electrons. The molecule has 3 aliphatic heterocycles. The summed E-state index contributed by atoms with van der Waals surface area (Å²) in [6.07, 6.45) is 3.23. The number of carbonyl (C=O) groups is 2. The van der Waals surface area contributed by atoms with Gasteiger partial charge in [-0.25, -0.2) is 14.8 Å². The highest BCUT2D eigenvalue weighted by Gasteiger charge is 2.40. The Kier molecular flexibility index (Phi) is 6.88. The maximum atomic E-state index is 12.5. The first-order valence-corrected chi connectivity index (χ1v) is 13.5. The molecule has 4 N–H and O–H groups in total. The molecule has 0 aliphatic carbocycles. The molecule has 0 saturated carbocycles. The van der Waals surface area contributed by atoms with Gasteiger partial charge in [0.25, 0.3) is 0 Å². The monoisotopic (exact) mass is 527 g/mol. The van der Waals surface area contributed by atoms with Gasteiger partial charge in [-0.2, -0.15) is 0 Å². The molecule has 10 heteroatoms. The number of hydrogen-bond donors (Lipinski definition) is 3. The molecule has 4 heterocycles. The zero-order valence-electron chi connectivity index (χ0n) is 22.0. The Morgan fingerprint density at radius 2 is 1.62 bits per heavy atom. The normalized spacial score (nSPS) is 20.4. The van der Waals surface area contributed by atoms with E-state index in [1.807, 2.05) is 24.3 Å². The number of hydrogen-bond acceptors (Lipinski definition) is 7. The number of carbonyl (C=O) groups excluding carboxylic acids is 2. The van der Waals surface area contributed by atoms with Crippen LogP contribution in [0.5, 0.6) is 0 Å². The third-order valence-corrected chi connectivity index (χ3v) is 7.88. The van der Waals surface area contributed by atoms with Crippen molar-refractivity contribution in [2.45, 2.75) is 44.8 Å². The van der Waals surface area contributed by atoms with E-state index in [1.165, 1.54) is 5.56 Å². The van der Waals surface area contributed by atoms with Crippen LogP contribution in [-0.2, 0) is 17.7 Å². The molecule has 39 heavy (non-hydrogen) atoms. The number of rotatable bonds is 6. The van der Waals surface area contributed by atoms with Crippen LogP contribution in [0.4, 0.5) is 22.0 Å². The molecule has 3 amide bonds. The Morgan fingerprint density at radius 3 is 2.23 bits per heavy atom. The Labute approximate surface area is 227 Å². The average Bonchev–Trinajstić information content (AvgIpc) is 3.19. The summed E-state index contributed by atoms with van der Waals surface area (Å²) >= 11 is 0. The second-order valence-corrected chi connectivity index (χ2v) is 10.3. The van der Waals surface area contributed by atoms with E-state index in [1.54, 1.807) is 24.3 Å². The highest BCUT2D eigenvalue weighted by atomic mass is 16.5. The van der Waals surface area contributed by atoms with Crippen LogP contribution in [0.3, 0.4) is 0 Å². The lowest BCUT2D eigenvalue weighted by Crippen LogP contribution is -2.47. The molecular weight excluding hydrogens is 494 g/mol. The minimum Gasteiger partial charge on any atom is -0.377 e. The number of fused-ring (bicyclic) bond motifs is 3. The van der Waals surface area contributed by atoms with Crippen molar-refractivity contribution < 1.29 is 14.3 Å². The third kappa shape index (κ3) is 5.17. The van der Waals surface area contributed by atoms with Crippen LogP contribution in [0, 0.1) is 0 Å². The van der Waals surface area contributed by atoms with Crippen molar-refractivity contribution in [3.05, 3.63) is 65.4 Å². The SMILES string of the molecule is CCN1CCc2c(nc(-c3ccc(NC(=O)Nc4ccc(C(N)=O)cc4)cc3)nc2N2C3CCC2COC3)C1. The van der Waals surface area contributed by atoms with Crippen LogP contribution >= 0.6 is 0 Å². The van der Waals surface area contributed by atoms with Gasteiger partial charge in [0.05, 0.1) is 31.0 Å². The fourth-order valence-corrected chi connectivity index (χ4v) is 5.77. The summed E-state index contributed by atoms with van der Waals surface area (Å²) < 4.78 is 5.85. The number of anilines is 3. The molecule has 2 atom stereocenters. The largest absolute Gasteiger partial charge is 0.377 e. The van der Waals surface area contributed by atoms with E-state index in [4.69, 9.17) is 20.4 Å². The smallest absolute Gasteiger partial charge is 0.323 e. The Hall–Kier alpha value is -4.02. The van der Waals surface area contributed by atoms with Gasteiger partial charge in [-0.15, -0.1) is 0 Å². The van der Waals surface area contributed by atoms with Crippen LogP contribution in [0.15, 0.2) is 48.5 Å². The number of amides is 3. The number of morpholine rings is 1. The summed E-state index contributed by atoms with van der Waals surface area (Å²) in [6, 6.07) is 14.4. The van der Waals surface area contributed by atoms with Crippen LogP contribution < -0.4 is 21.3 Å². The molecule has 2 fully saturated rings. The van der Waals surface area contributed by atoms with Gasteiger partial charge in [-0.3, -0.25) is 9.69 Å². The van der Waals surface area contributed by atoms with E-state index in [2.05, 4.69) is 27.4 Å². The van der Waals surface area contributed by atoms with Crippen molar-refractivity contribution in [1.82, 2.24) is 14.9 Å². The first kappa shape index (κ1) is 25.3. The minimum atomic E-state index is -0.513. The topological polar surface area (TPSA) is 126 Å². The van der Waals surface area contributed by atoms with E-state index >= 15 is 0 Å². The predicted molar refractivity (Wildman–Crippen MR) is 150 cm³/mol. The molecule has 6 rings (SSSR count). The van der Waals surface area contributed by atoms with Crippen molar-refractivity contribution >= 4 is 29.1 Å². The quantitative estimate of drug-likeness (QED) is 0.447. The summed E-state index contributed by atoms with van der Waals surface area (Å²) in [5.41, 5.74) is 10.1. The molecule has 1 aromatic heterocycles. The van der Waals surface area contributed by atoms with Gasteiger partial charge in [0.2, 0.25) is 5.91 Å². The number of urea groups is 1. The van der Waals surface area contributed by atoms with Gasteiger partial charge in [-0.1, -0.05) is 6.92 Å². The summed E-state index contributed by atoms with van der Waals surface area (Å²) in [5, 5.41) is 5.60. The van der Waals surface area contributed by atoms with E-state index < -0.39 is 5.91 Å². The Balaban J connectivity index is 1.22. The predicted octanol–water partition coefficient (Wildman–Crippen LogP) is 3.63. The number of likely N-dealkylation sites (N-methyl/N-ethyl adjacent to an activating group) is 1. The lowest BCUT2D eigenvalue weighted by atomic mass is 10.0. The fraction of sp³-hybridized carbons (Fsp3) is 0.379. The van der Waals surface area contributed by atoms with Crippen LogP contribution in [0.25, 0.3) is 11.4 Å². The number of ether oxygens (including phenoxy) is 1. The van der Waals surface area contributed by atoms with Crippen molar-refractivity contribution in [3.8, 4) is 11.4 Å². The van der Waals surface area contributed by atoms with Crippen molar-refractivity contribution in [1.29, 1.82) is 0 Å². The summed E-state index contributed by atoms with van der Waals surface area (Å²) in [5.74, 6) is 1.27. The third-order valence-electron chi connectivity index (χ3n) is 7.88. The molecule has 2 saturated heterocycles. The zero-order valence-corrected chi connectivity index (χ0v) is 22.0. The van der Waals surface area contributed by atoms with E-state index in [-0.39, 0.29) is 6.03 Å². The number of nitrogens with one attached hydrogen (secondary N) is 2. The maximum absolute atomic E-state index is 12.5. The number of aromatic nitrogens is 2. The van der Waals surface area contributed by atoms with Gasteiger partial charge >= 0.3 is 6.03 Å². The number of primary amides is 1. The number of benzene rings is 2. The lowest BCUT2D eigenvalue weighted by Gasteiger charge is -2.38. The van der Waals surface area contributed by atoms with Crippen molar-refractivity contribution in [3.63, 3.8) is 0 Å². The maximum Gasteiger partial charge on any atom is 0.323 e. The fourth-order valence-electron chi connectivity index (χ4n) is 5.77. The highest BCUT2D eigenvalue weighted by molar-refractivity contribution is 6.00. The average molecular weight is 528 g/mol. The molecule has 202 valence electrons. The van der Waals surface area contributed by atoms with Crippen LogP contribution in [0.1, 0.15) is 41.4 Å². The standard InChI is InChI=1S/C29H33N7O3/c1-2-35-14-13-24-25(15-35)33-27(34-28(24)36-22-11-12-23(36)17-39-16-22)19-5-9-21(10-6-19)32-29(38)31-20-7-3-18(4-8-20)26(30)37/h3-10,22-23H,2,11-17H2,1H3,(H2,30,37)(H2,31,32,38).